The lowest BCUT2D eigenvalue weighted by Gasteiger charge is -2.19. The van der Waals surface area contributed by atoms with Crippen LogP contribution in [0.5, 0.6) is 0 Å². The molecule has 0 aliphatic rings. The van der Waals surface area contributed by atoms with Crippen molar-refractivity contribution >= 4 is 23.4 Å². The van der Waals surface area contributed by atoms with Crippen molar-refractivity contribution in [3.8, 4) is 0 Å². The Hall–Kier alpha value is -1.46. The average molecular weight is 243 g/mol. The van der Waals surface area contributed by atoms with E-state index in [0.29, 0.717) is 0 Å². The summed E-state index contributed by atoms with van der Waals surface area (Å²) in [6, 6.07) is 1.35. The van der Waals surface area contributed by atoms with Crippen LogP contribution in [0.1, 0.15) is 29.8 Å². The number of carbonyl (C=O) groups is 2. The molecule has 1 atom stereocenters. The molecule has 1 rings (SSSR count). The van der Waals surface area contributed by atoms with Gasteiger partial charge in [0.25, 0.3) is 0 Å². The molecule has 0 saturated carbocycles. The molecular weight excluding hydrogens is 232 g/mol. The van der Waals surface area contributed by atoms with Crippen molar-refractivity contribution in [2.75, 3.05) is 0 Å². The smallest absolute Gasteiger partial charge is 0.328 e. The van der Waals surface area contributed by atoms with Gasteiger partial charge in [0.1, 0.15) is 10.7 Å². The minimum absolute atomic E-state index is 0.0393. The first-order valence-corrected chi connectivity index (χ1v) is 4.84. The molecule has 1 heterocycles. The average Bonchev–Trinajstić information content (AvgIpc) is 2.17. The van der Waals surface area contributed by atoms with Gasteiger partial charge in [-0.3, -0.25) is 4.79 Å². The van der Waals surface area contributed by atoms with Gasteiger partial charge < -0.3 is 10.8 Å². The molecule has 1 aromatic heterocycles. The molecule has 0 saturated heterocycles. The molecule has 0 fully saturated rings. The second-order valence-electron chi connectivity index (χ2n) is 3.63. The lowest BCUT2D eigenvalue weighted by atomic mass is 9.93. The second-order valence-corrected chi connectivity index (χ2v) is 3.98. The Labute approximate surface area is 97.2 Å². The predicted octanol–water partition coefficient (Wildman–Crippen LogP) is 1.20. The fourth-order valence-electron chi connectivity index (χ4n) is 1.10. The molecule has 0 amide bonds. The largest absolute Gasteiger partial charge is 0.480 e. The molecule has 6 heteroatoms. The Morgan fingerprint density at radius 1 is 1.56 bits per heavy atom. The summed E-state index contributed by atoms with van der Waals surface area (Å²) in [4.78, 5) is 25.9. The van der Waals surface area contributed by atoms with Crippen LogP contribution >= 0.6 is 11.6 Å². The number of aromatic nitrogens is 1. The first-order valence-electron chi connectivity index (χ1n) is 4.46. The van der Waals surface area contributed by atoms with Gasteiger partial charge in [-0.15, -0.1) is 0 Å². The zero-order chi connectivity index (χ0) is 12.5. The third kappa shape index (κ3) is 2.20. The maximum absolute atomic E-state index is 11.2. The molecular formula is C10H11ClN2O3. The number of Topliss-reactive ketones (excluding diaryl/α,β-unsaturated/α-hetero) is 1. The zero-order valence-corrected chi connectivity index (χ0v) is 9.58. The number of aliphatic carboxylic acids is 1. The van der Waals surface area contributed by atoms with Crippen molar-refractivity contribution in [1.82, 2.24) is 4.98 Å². The summed E-state index contributed by atoms with van der Waals surface area (Å²) in [6.07, 6.45) is 1.25. The molecule has 3 N–H and O–H groups in total. The van der Waals surface area contributed by atoms with E-state index in [2.05, 4.69) is 4.98 Å². The Morgan fingerprint density at radius 2 is 2.12 bits per heavy atom. The normalized spacial score (nSPS) is 14.2. The van der Waals surface area contributed by atoms with Crippen LogP contribution in [0.25, 0.3) is 0 Å². The van der Waals surface area contributed by atoms with E-state index in [9.17, 15) is 9.59 Å². The van der Waals surface area contributed by atoms with Crippen molar-refractivity contribution in [3.63, 3.8) is 0 Å². The van der Waals surface area contributed by atoms with Gasteiger partial charge in [-0.1, -0.05) is 11.6 Å². The number of hydrogen-bond donors (Lipinski definition) is 2. The molecule has 5 nitrogen and oxygen atoms in total. The lowest BCUT2D eigenvalue weighted by Crippen LogP contribution is -2.41. The van der Waals surface area contributed by atoms with E-state index in [-0.39, 0.29) is 22.1 Å². The number of halogens is 1. The zero-order valence-electron chi connectivity index (χ0n) is 8.82. The highest BCUT2D eigenvalue weighted by molar-refractivity contribution is 6.32. The highest BCUT2D eigenvalue weighted by Gasteiger charge is 2.31. The fraction of sp³-hybridized carbons (Fsp3) is 0.300. The molecule has 86 valence electrons. The van der Waals surface area contributed by atoms with Gasteiger partial charge in [-0.2, -0.15) is 0 Å². The highest BCUT2D eigenvalue weighted by atomic mass is 35.5. The van der Waals surface area contributed by atoms with Gasteiger partial charge in [-0.05, 0) is 19.9 Å². The predicted molar refractivity (Wildman–Crippen MR) is 58.4 cm³/mol. The molecule has 0 bridgehead atoms. The van der Waals surface area contributed by atoms with E-state index in [1.165, 1.54) is 26.1 Å². The Bertz CT molecular complexity index is 457. The van der Waals surface area contributed by atoms with Crippen LogP contribution in [0.15, 0.2) is 12.3 Å². The van der Waals surface area contributed by atoms with Crippen molar-refractivity contribution in [2.45, 2.75) is 19.4 Å². The van der Waals surface area contributed by atoms with Gasteiger partial charge >= 0.3 is 5.97 Å². The van der Waals surface area contributed by atoms with Gasteiger partial charge in [0.15, 0.2) is 5.78 Å². The molecule has 1 aromatic rings. The fourth-order valence-corrected chi connectivity index (χ4v) is 1.34. The number of carboxylic acid groups (broad SMARTS) is 1. The Kier molecular flexibility index (Phi) is 3.30. The van der Waals surface area contributed by atoms with Crippen molar-refractivity contribution < 1.29 is 14.7 Å². The minimum Gasteiger partial charge on any atom is -0.480 e. The molecule has 0 unspecified atom stereocenters. The lowest BCUT2D eigenvalue weighted by molar-refractivity contribution is -0.143. The number of nitrogens with two attached hydrogens (primary N) is 1. The molecule has 0 aliphatic heterocycles. The molecule has 16 heavy (non-hydrogen) atoms. The number of nitrogens with zero attached hydrogens (tertiary/aromatic N) is 1. The van der Waals surface area contributed by atoms with E-state index < -0.39 is 11.5 Å². The van der Waals surface area contributed by atoms with Gasteiger partial charge in [-0.25, -0.2) is 9.78 Å². The standard InChI is InChI=1S/C10H11ClN2O3/c1-5(14)7-3-6(4-13-8(7)11)10(2,12)9(15)16/h3-4H,12H2,1-2H3,(H,15,16)/t10-/m0/s1. The van der Waals surface area contributed by atoms with Gasteiger partial charge in [0.05, 0.1) is 5.56 Å². The summed E-state index contributed by atoms with van der Waals surface area (Å²) in [6.45, 7) is 2.64. The topological polar surface area (TPSA) is 93.3 Å². The van der Waals surface area contributed by atoms with E-state index in [1.54, 1.807) is 0 Å². The van der Waals surface area contributed by atoms with Crippen LogP contribution < -0.4 is 5.73 Å². The Balaban J connectivity index is 3.33. The van der Waals surface area contributed by atoms with E-state index in [4.69, 9.17) is 22.4 Å². The van der Waals surface area contributed by atoms with Gasteiger partial charge in [0, 0.05) is 11.8 Å². The van der Waals surface area contributed by atoms with Gasteiger partial charge in [0.2, 0.25) is 0 Å². The summed E-state index contributed by atoms with van der Waals surface area (Å²) in [5.74, 6) is -1.49. The Morgan fingerprint density at radius 3 is 2.56 bits per heavy atom. The van der Waals surface area contributed by atoms with Crippen molar-refractivity contribution in [3.05, 3.63) is 28.5 Å². The van der Waals surface area contributed by atoms with Crippen LogP contribution in [0.3, 0.4) is 0 Å². The SMILES string of the molecule is CC(=O)c1cc([C@](C)(N)C(=O)O)cnc1Cl. The number of rotatable bonds is 3. The van der Waals surface area contributed by atoms with E-state index in [1.807, 2.05) is 0 Å². The number of carbonyl (C=O) groups excluding carboxylic acids is 1. The van der Waals surface area contributed by atoms with Crippen LogP contribution in [0, 0.1) is 0 Å². The van der Waals surface area contributed by atoms with Crippen molar-refractivity contribution in [2.24, 2.45) is 5.73 Å². The summed E-state index contributed by atoms with van der Waals surface area (Å²) in [5.41, 5.74) is 4.41. The molecule has 0 radical (unpaired) electrons. The second kappa shape index (κ2) is 4.19. The van der Waals surface area contributed by atoms with Crippen LogP contribution in [-0.4, -0.2) is 21.8 Å². The maximum atomic E-state index is 11.2. The molecule has 0 spiro atoms. The number of ketones is 1. The minimum atomic E-state index is -1.60. The maximum Gasteiger partial charge on any atom is 0.328 e. The van der Waals surface area contributed by atoms with Crippen molar-refractivity contribution in [1.29, 1.82) is 0 Å². The first kappa shape index (κ1) is 12.6. The monoisotopic (exact) mass is 242 g/mol. The van der Waals surface area contributed by atoms with E-state index >= 15 is 0 Å². The summed E-state index contributed by atoms with van der Waals surface area (Å²) >= 11 is 5.70. The van der Waals surface area contributed by atoms with Crippen LogP contribution in [-0.2, 0) is 10.3 Å². The molecule has 0 aliphatic carbocycles. The summed E-state index contributed by atoms with van der Waals surface area (Å²) in [5, 5.41) is 8.96. The van der Waals surface area contributed by atoms with Crippen LogP contribution in [0.4, 0.5) is 0 Å². The van der Waals surface area contributed by atoms with E-state index in [0.717, 1.165) is 0 Å². The molecule has 0 aromatic carbocycles. The third-order valence-corrected chi connectivity index (χ3v) is 2.56. The third-order valence-electron chi connectivity index (χ3n) is 2.26. The number of hydrogen-bond acceptors (Lipinski definition) is 4. The van der Waals surface area contributed by atoms with Crippen LogP contribution in [0.2, 0.25) is 5.15 Å². The quantitative estimate of drug-likeness (QED) is 0.614. The first-order chi connectivity index (χ1) is 7.26. The number of pyridine rings is 1. The highest BCUT2D eigenvalue weighted by Crippen LogP contribution is 2.22. The number of carboxylic acids is 1. The summed E-state index contributed by atoms with van der Waals surface area (Å²) < 4.78 is 0. The summed E-state index contributed by atoms with van der Waals surface area (Å²) in [7, 11) is 0.